The predicted octanol–water partition coefficient (Wildman–Crippen LogP) is 5.91. The van der Waals surface area contributed by atoms with Crippen LogP contribution in [0.5, 0.6) is 0 Å². The summed E-state index contributed by atoms with van der Waals surface area (Å²) in [4.78, 5) is 29.6. The second kappa shape index (κ2) is 11.9. The minimum absolute atomic E-state index is 0.0155. The molecule has 3 unspecified atom stereocenters. The molecule has 2 saturated heterocycles. The molecule has 0 spiro atoms. The molecule has 0 bridgehead atoms. The van der Waals surface area contributed by atoms with Crippen molar-refractivity contribution in [3.05, 3.63) is 69.7 Å². The van der Waals surface area contributed by atoms with Gasteiger partial charge in [-0.15, -0.1) is 0 Å². The van der Waals surface area contributed by atoms with Gasteiger partial charge in [0.05, 0.1) is 5.92 Å². The highest BCUT2D eigenvalue weighted by Gasteiger charge is 2.44. The summed E-state index contributed by atoms with van der Waals surface area (Å²) in [5, 5.41) is 3.61. The smallest absolute Gasteiger partial charge is 0.227 e. The first-order chi connectivity index (χ1) is 18.3. The van der Waals surface area contributed by atoms with Crippen molar-refractivity contribution in [1.82, 2.24) is 15.1 Å². The van der Waals surface area contributed by atoms with Crippen LogP contribution in [0.25, 0.3) is 0 Å². The lowest BCUT2D eigenvalue weighted by molar-refractivity contribution is -0.136. The third-order valence-electron chi connectivity index (χ3n) is 8.27. The van der Waals surface area contributed by atoms with Gasteiger partial charge in [-0.05, 0) is 87.8 Å². The van der Waals surface area contributed by atoms with Crippen molar-refractivity contribution >= 4 is 23.4 Å². The van der Waals surface area contributed by atoms with Crippen LogP contribution in [0.2, 0.25) is 5.02 Å². The molecule has 8 heteroatoms. The van der Waals surface area contributed by atoms with E-state index in [2.05, 4.69) is 37.1 Å². The number of piperidine rings is 1. The fourth-order valence-electron chi connectivity index (χ4n) is 6.24. The SMILES string of the molecule is CC(=O)NC(C)Cc1cc(Cl)ccc1C1CCN(C(=O)C2CN(C(C)(C)C)CC2c2ccc(F)cc2F)CC1. The van der Waals surface area contributed by atoms with Crippen molar-refractivity contribution in [2.45, 2.75) is 77.3 Å². The van der Waals surface area contributed by atoms with Crippen LogP contribution in [0.4, 0.5) is 8.78 Å². The molecule has 2 aromatic rings. The number of halogens is 3. The zero-order valence-corrected chi connectivity index (χ0v) is 24.3. The third-order valence-corrected chi connectivity index (χ3v) is 8.51. The molecular weight excluding hydrogens is 520 g/mol. The van der Waals surface area contributed by atoms with E-state index in [1.54, 1.807) is 0 Å². The first-order valence-electron chi connectivity index (χ1n) is 13.9. The number of rotatable bonds is 6. The average Bonchev–Trinajstić information content (AvgIpc) is 3.29. The van der Waals surface area contributed by atoms with Crippen molar-refractivity contribution < 1.29 is 18.4 Å². The van der Waals surface area contributed by atoms with Crippen LogP contribution in [0.3, 0.4) is 0 Å². The maximum atomic E-state index is 14.9. The number of nitrogens with zero attached hydrogens (tertiary/aromatic N) is 2. The van der Waals surface area contributed by atoms with Gasteiger partial charge in [0.1, 0.15) is 11.6 Å². The molecule has 2 aromatic carbocycles. The Balaban J connectivity index is 1.49. The van der Waals surface area contributed by atoms with Crippen LogP contribution in [0, 0.1) is 17.6 Å². The summed E-state index contributed by atoms with van der Waals surface area (Å²) in [6, 6.07) is 9.64. The number of hydrogen-bond acceptors (Lipinski definition) is 3. The van der Waals surface area contributed by atoms with Crippen molar-refractivity contribution in [3.63, 3.8) is 0 Å². The Kier molecular flexibility index (Phi) is 9.01. The van der Waals surface area contributed by atoms with Crippen LogP contribution in [0.1, 0.15) is 76.0 Å². The number of benzene rings is 2. The van der Waals surface area contributed by atoms with Gasteiger partial charge < -0.3 is 10.2 Å². The Morgan fingerprint density at radius 1 is 1.05 bits per heavy atom. The van der Waals surface area contributed by atoms with E-state index >= 15 is 0 Å². The van der Waals surface area contributed by atoms with Gasteiger partial charge in [0, 0.05) is 61.7 Å². The first-order valence-corrected chi connectivity index (χ1v) is 14.3. The molecule has 4 rings (SSSR count). The van der Waals surface area contributed by atoms with E-state index in [1.807, 2.05) is 24.0 Å². The summed E-state index contributed by atoms with van der Waals surface area (Å²) in [6.45, 7) is 12.1. The summed E-state index contributed by atoms with van der Waals surface area (Å²) >= 11 is 6.32. The Bertz CT molecular complexity index is 1210. The number of amides is 2. The van der Waals surface area contributed by atoms with Gasteiger partial charge in [0.25, 0.3) is 0 Å². The molecule has 2 aliphatic rings. The fraction of sp³-hybridized carbons (Fsp3) is 0.548. The minimum atomic E-state index is -0.611. The maximum Gasteiger partial charge on any atom is 0.227 e. The molecule has 2 heterocycles. The number of carbonyl (C=O) groups is 2. The molecule has 39 heavy (non-hydrogen) atoms. The molecule has 2 aliphatic heterocycles. The molecule has 0 saturated carbocycles. The van der Waals surface area contributed by atoms with Gasteiger partial charge in [-0.25, -0.2) is 8.78 Å². The molecule has 1 N–H and O–H groups in total. The molecule has 0 aromatic heterocycles. The first kappa shape index (κ1) is 29.5. The summed E-state index contributed by atoms with van der Waals surface area (Å²) in [7, 11) is 0. The second-order valence-electron chi connectivity index (χ2n) is 12.2. The van der Waals surface area contributed by atoms with Gasteiger partial charge in [0.2, 0.25) is 11.8 Å². The topological polar surface area (TPSA) is 52.7 Å². The molecule has 0 aliphatic carbocycles. The average molecular weight is 560 g/mol. The Morgan fingerprint density at radius 3 is 2.33 bits per heavy atom. The van der Waals surface area contributed by atoms with Crippen molar-refractivity contribution in [2.24, 2.45) is 5.92 Å². The zero-order valence-electron chi connectivity index (χ0n) is 23.6. The lowest BCUT2D eigenvalue weighted by Gasteiger charge is -2.36. The number of nitrogens with one attached hydrogen (secondary N) is 1. The van der Waals surface area contributed by atoms with Crippen LogP contribution in [-0.4, -0.2) is 59.4 Å². The van der Waals surface area contributed by atoms with Crippen molar-refractivity contribution in [3.8, 4) is 0 Å². The van der Waals surface area contributed by atoms with E-state index in [0.29, 0.717) is 43.2 Å². The Morgan fingerprint density at radius 2 is 1.72 bits per heavy atom. The van der Waals surface area contributed by atoms with E-state index in [-0.39, 0.29) is 41.1 Å². The van der Waals surface area contributed by atoms with Crippen molar-refractivity contribution in [2.75, 3.05) is 26.2 Å². The maximum absolute atomic E-state index is 14.9. The largest absolute Gasteiger partial charge is 0.354 e. The fourth-order valence-corrected chi connectivity index (χ4v) is 6.44. The standard InChI is InChI=1S/C31H40ClF2N3O2/c1-19(35-20(2)38)14-22-15-23(32)6-8-25(22)21-10-12-36(13-11-21)30(39)28-18-37(31(3,4)5)17-27(28)26-9-7-24(33)16-29(26)34/h6-9,15-16,19,21,27-28H,10-14,17-18H2,1-5H3,(H,35,38). The highest BCUT2D eigenvalue weighted by Crippen LogP contribution is 2.40. The van der Waals surface area contributed by atoms with Gasteiger partial charge in [-0.2, -0.15) is 0 Å². The number of hydrogen-bond donors (Lipinski definition) is 1. The van der Waals surface area contributed by atoms with Gasteiger partial charge in [-0.3, -0.25) is 14.5 Å². The normalized spacial score (nSPS) is 21.7. The van der Waals surface area contributed by atoms with E-state index in [9.17, 15) is 18.4 Å². The minimum Gasteiger partial charge on any atom is -0.354 e. The van der Waals surface area contributed by atoms with Crippen LogP contribution >= 0.6 is 11.6 Å². The van der Waals surface area contributed by atoms with E-state index in [4.69, 9.17) is 11.6 Å². The highest BCUT2D eigenvalue weighted by atomic mass is 35.5. The molecule has 212 valence electrons. The van der Waals surface area contributed by atoms with E-state index < -0.39 is 11.6 Å². The quantitative estimate of drug-likeness (QED) is 0.479. The predicted molar refractivity (Wildman–Crippen MR) is 151 cm³/mol. The van der Waals surface area contributed by atoms with Crippen LogP contribution in [0.15, 0.2) is 36.4 Å². The summed E-state index contributed by atoms with van der Waals surface area (Å²) < 4.78 is 28.5. The van der Waals surface area contributed by atoms with Gasteiger partial charge in [-0.1, -0.05) is 23.7 Å². The summed E-state index contributed by atoms with van der Waals surface area (Å²) in [5.41, 5.74) is 2.58. The summed E-state index contributed by atoms with van der Waals surface area (Å²) in [5.74, 6) is -1.64. The van der Waals surface area contributed by atoms with Crippen molar-refractivity contribution in [1.29, 1.82) is 0 Å². The second-order valence-corrected chi connectivity index (χ2v) is 12.6. The van der Waals surface area contributed by atoms with Gasteiger partial charge in [0.15, 0.2) is 0 Å². The lowest BCUT2D eigenvalue weighted by Crippen LogP contribution is -2.44. The molecule has 2 fully saturated rings. The van der Waals surface area contributed by atoms with Crippen LogP contribution < -0.4 is 5.32 Å². The zero-order chi connectivity index (χ0) is 28.5. The molecule has 0 radical (unpaired) electrons. The molecule has 2 amide bonds. The Labute approximate surface area is 235 Å². The van der Waals surface area contributed by atoms with Gasteiger partial charge >= 0.3 is 0 Å². The number of carbonyl (C=O) groups excluding carboxylic acids is 2. The Hall–Kier alpha value is -2.51. The van der Waals surface area contributed by atoms with E-state index in [0.717, 1.165) is 24.5 Å². The monoisotopic (exact) mass is 559 g/mol. The number of likely N-dealkylation sites (tertiary alicyclic amines) is 2. The highest BCUT2D eigenvalue weighted by molar-refractivity contribution is 6.30. The summed E-state index contributed by atoms with van der Waals surface area (Å²) in [6.07, 6.45) is 2.32. The van der Waals surface area contributed by atoms with E-state index in [1.165, 1.54) is 24.6 Å². The molecule has 5 nitrogen and oxygen atoms in total. The molecular formula is C31H40ClF2N3O2. The lowest BCUT2D eigenvalue weighted by atomic mass is 9.83. The molecule has 3 atom stereocenters. The van der Waals surface area contributed by atoms with Crippen LogP contribution in [-0.2, 0) is 16.0 Å². The third kappa shape index (κ3) is 6.98.